The van der Waals surface area contributed by atoms with Crippen molar-refractivity contribution in [1.29, 1.82) is 0 Å². The van der Waals surface area contributed by atoms with E-state index in [1.807, 2.05) is 25.2 Å². The van der Waals surface area contributed by atoms with Gasteiger partial charge in [-0.15, -0.1) is 24.8 Å². The van der Waals surface area contributed by atoms with Crippen LogP contribution in [0.3, 0.4) is 0 Å². The third-order valence-electron chi connectivity index (χ3n) is 4.74. The van der Waals surface area contributed by atoms with Gasteiger partial charge >= 0.3 is 6.09 Å². The first-order chi connectivity index (χ1) is 13.5. The lowest BCUT2D eigenvalue weighted by molar-refractivity contribution is 0.211. The summed E-state index contributed by atoms with van der Waals surface area (Å²) >= 11 is 0. The number of nitrogens with zero attached hydrogens (tertiary/aromatic N) is 4. The monoisotopic (exact) mass is 454 g/mol. The molecular formula is C20H28Cl2N6O2. The van der Waals surface area contributed by atoms with Crippen molar-refractivity contribution in [3.05, 3.63) is 36.5 Å². The summed E-state index contributed by atoms with van der Waals surface area (Å²) in [7, 11) is 2.03. The Labute approximate surface area is 188 Å². The van der Waals surface area contributed by atoms with Crippen LogP contribution in [0.1, 0.15) is 13.8 Å². The van der Waals surface area contributed by atoms with Crippen molar-refractivity contribution in [3.8, 4) is 17.1 Å². The Hall–Kier alpha value is -2.55. The number of aromatic amines is 1. The maximum absolute atomic E-state index is 11.2. The minimum absolute atomic E-state index is 0. The third kappa shape index (κ3) is 5.75. The van der Waals surface area contributed by atoms with Crippen molar-refractivity contribution in [2.24, 2.45) is 5.73 Å². The zero-order chi connectivity index (χ0) is 20.1. The molecule has 0 unspecified atom stereocenters. The second kappa shape index (κ2) is 11.6. The molecular weight excluding hydrogens is 427 g/mol. The number of hydrogen-bond acceptors (Lipinski definition) is 6. The number of para-hydroxylation sites is 1. The Balaban J connectivity index is 0.00000225. The van der Waals surface area contributed by atoms with Crippen molar-refractivity contribution in [3.63, 3.8) is 0 Å². The molecule has 0 aliphatic carbocycles. The van der Waals surface area contributed by atoms with Crippen LogP contribution in [-0.4, -0.2) is 59.2 Å². The molecule has 0 spiro atoms. The summed E-state index contributed by atoms with van der Waals surface area (Å²) in [6.07, 6.45) is 0.909. The number of anilines is 1. The average Bonchev–Trinajstić information content (AvgIpc) is 3.13. The minimum Gasteiger partial charge on any atom is -0.408 e. The zero-order valence-electron chi connectivity index (χ0n) is 17.3. The number of ether oxygens (including phenoxy) is 1. The summed E-state index contributed by atoms with van der Waals surface area (Å²) in [5, 5.41) is 0. The van der Waals surface area contributed by atoms with Gasteiger partial charge in [0.2, 0.25) is 0 Å². The van der Waals surface area contributed by atoms with Crippen molar-refractivity contribution in [2.75, 3.05) is 38.1 Å². The highest BCUT2D eigenvalue weighted by atomic mass is 35.5. The molecule has 0 radical (unpaired) electrons. The van der Waals surface area contributed by atoms with E-state index in [0.717, 1.165) is 43.1 Å². The second-order valence-corrected chi connectivity index (χ2v) is 6.48. The van der Waals surface area contributed by atoms with Gasteiger partial charge in [0.05, 0.1) is 11.1 Å². The molecule has 2 aromatic heterocycles. The van der Waals surface area contributed by atoms with Crippen LogP contribution < -0.4 is 15.4 Å². The van der Waals surface area contributed by atoms with Crippen LogP contribution in [0, 0.1) is 0 Å². The molecule has 0 aliphatic heterocycles. The van der Waals surface area contributed by atoms with Crippen LogP contribution in [0.25, 0.3) is 22.4 Å². The van der Waals surface area contributed by atoms with Crippen LogP contribution >= 0.6 is 24.8 Å². The summed E-state index contributed by atoms with van der Waals surface area (Å²) in [6.45, 7) is 8.17. The van der Waals surface area contributed by atoms with Crippen molar-refractivity contribution >= 4 is 47.8 Å². The van der Waals surface area contributed by atoms with Crippen LogP contribution in [0.15, 0.2) is 36.5 Å². The molecule has 1 aromatic carbocycles. The molecule has 0 aliphatic rings. The molecule has 2 heterocycles. The lowest BCUT2D eigenvalue weighted by atomic mass is 10.2. The number of H-pyrrole nitrogens is 1. The first kappa shape index (κ1) is 25.5. The van der Waals surface area contributed by atoms with Crippen LogP contribution in [-0.2, 0) is 0 Å². The molecule has 164 valence electrons. The standard InChI is InChI=1S/C20H26N6O2.2ClH/c1-4-26(5-2)13-12-25(3)19-14(8-7-11-22-19)18-23-15-9-6-10-16(17(15)24-18)28-20(21)27;;/h6-11H,4-5,12-13H2,1-3H3,(H2,21,27)(H,23,24);2*1H. The maximum Gasteiger partial charge on any atom is 0.410 e. The number of imidazole rings is 1. The molecule has 3 aromatic rings. The first-order valence-corrected chi connectivity index (χ1v) is 9.38. The van der Waals surface area contributed by atoms with E-state index in [1.165, 1.54) is 0 Å². The van der Waals surface area contributed by atoms with Gasteiger partial charge in [0.15, 0.2) is 5.75 Å². The molecule has 1 amide bonds. The Bertz CT molecular complexity index is 961. The van der Waals surface area contributed by atoms with Gasteiger partial charge in [-0.2, -0.15) is 0 Å². The number of benzene rings is 1. The van der Waals surface area contributed by atoms with E-state index in [2.05, 4.69) is 38.6 Å². The predicted molar refractivity (Wildman–Crippen MR) is 125 cm³/mol. The number of pyridine rings is 1. The summed E-state index contributed by atoms with van der Waals surface area (Å²) in [4.78, 5) is 28.1. The molecule has 3 N–H and O–H groups in total. The fourth-order valence-corrected chi connectivity index (χ4v) is 3.15. The number of nitrogens with one attached hydrogen (secondary N) is 1. The third-order valence-corrected chi connectivity index (χ3v) is 4.74. The highest BCUT2D eigenvalue weighted by Gasteiger charge is 2.16. The lowest BCUT2D eigenvalue weighted by Gasteiger charge is -2.25. The molecule has 0 bridgehead atoms. The van der Waals surface area contributed by atoms with E-state index in [9.17, 15) is 4.79 Å². The molecule has 30 heavy (non-hydrogen) atoms. The van der Waals surface area contributed by atoms with Gasteiger partial charge in [0.25, 0.3) is 0 Å². The Morgan fingerprint density at radius 1 is 1.13 bits per heavy atom. The maximum atomic E-state index is 11.2. The van der Waals surface area contributed by atoms with Gasteiger partial charge in [0.1, 0.15) is 17.2 Å². The average molecular weight is 455 g/mol. The molecule has 0 saturated heterocycles. The minimum atomic E-state index is -0.866. The number of amides is 1. The highest BCUT2D eigenvalue weighted by Crippen LogP contribution is 2.31. The fraction of sp³-hybridized carbons (Fsp3) is 0.350. The molecule has 0 fully saturated rings. The van der Waals surface area contributed by atoms with E-state index in [0.29, 0.717) is 17.1 Å². The van der Waals surface area contributed by atoms with Crippen molar-refractivity contribution in [1.82, 2.24) is 19.9 Å². The summed E-state index contributed by atoms with van der Waals surface area (Å²) in [5.41, 5.74) is 7.35. The number of fused-ring (bicyclic) bond motifs is 1. The van der Waals surface area contributed by atoms with Gasteiger partial charge in [0, 0.05) is 26.3 Å². The first-order valence-electron chi connectivity index (χ1n) is 9.38. The van der Waals surface area contributed by atoms with Crippen molar-refractivity contribution in [2.45, 2.75) is 13.8 Å². The fourth-order valence-electron chi connectivity index (χ4n) is 3.15. The second-order valence-electron chi connectivity index (χ2n) is 6.48. The van der Waals surface area contributed by atoms with E-state index >= 15 is 0 Å². The van der Waals surface area contributed by atoms with Crippen molar-refractivity contribution < 1.29 is 9.53 Å². The summed E-state index contributed by atoms with van der Waals surface area (Å²) < 4.78 is 5.07. The highest BCUT2D eigenvalue weighted by molar-refractivity contribution is 5.88. The van der Waals surface area contributed by atoms with Gasteiger partial charge in [-0.25, -0.2) is 14.8 Å². The number of aromatic nitrogens is 3. The number of hydrogen-bond donors (Lipinski definition) is 2. The van der Waals surface area contributed by atoms with Crippen LogP contribution in [0.4, 0.5) is 10.6 Å². The van der Waals surface area contributed by atoms with E-state index < -0.39 is 6.09 Å². The van der Waals surface area contributed by atoms with Gasteiger partial charge in [-0.3, -0.25) is 0 Å². The number of halogens is 2. The number of nitrogens with two attached hydrogens (primary N) is 1. The zero-order valence-corrected chi connectivity index (χ0v) is 18.9. The molecule has 3 rings (SSSR count). The summed E-state index contributed by atoms with van der Waals surface area (Å²) in [5.74, 6) is 1.83. The van der Waals surface area contributed by atoms with Crippen LogP contribution in [0.2, 0.25) is 0 Å². The quantitative estimate of drug-likeness (QED) is 0.537. The smallest absolute Gasteiger partial charge is 0.408 e. The number of primary amides is 1. The molecule has 0 atom stereocenters. The predicted octanol–water partition coefficient (Wildman–Crippen LogP) is 3.70. The van der Waals surface area contributed by atoms with E-state index in [1.54, 1.807) is 18.3 Å². The van der Waals surface area contributed by atoms with Crippen LogP contribution in [0.5, 0.6) is 5.75 Å². The lowest BCUT2D eigenvalue weighted by Crippen LogP contribution is -2.33. The SMILES string of the molecule is CCN(CC)CCN(C)c1ncccc1-c1nc2c(OC(N)=O)cccc2[nH]1.Cl.Cl. The van der Waals surface area contributed by atoms with E-state index in [4.69, 9.17) is 10.5 Å². The largest absolute Gasteiger partial charge is 0.410 e. The Kier molecular flexibility index (Phi) is 9.84. The topological polar surface area (TPSA) is 100 Å². The summed E-state index contributed by atoms with van der Waals surface area (Å²) in [6, 6.07) is 9.18. The number of likely N-dealkylation sites (N-methyl/N-ethyl adjacent to an activating group) is 2. The Morgan fingerprint density at radius 2 is 1.87 bits per heavy atom. The molecule has 8 nitrogen and oxygen atoms in total. The number of rotatable bonds is 8. The van der Waals surface area contributed by atoms with Gasteiger partial charge in [-0.05, 0) is 37.4 Å². The number of carbonyl (C=O) groups is 1. The van der Waals surface area contributed by atoms with E-state index in [-0.39, 0.29) is 24.8 Å². The van der Waals surface area contributed by atoms with Gasteiger partial charge < -0.3 is 25.3 Å². The molecule has 10 heteroatoms. The molecule has 0 saturated carbocycles. The number of carbonyl (C=O) groups excluding carboxylic acids is 1. The Morgan fingerprint density at radius 3 is 2.53 bits per heavy atom. The normalized spacial score (nSPS) is 10.4. The van der Waals surface area contributed by atoms with Gasteiger partial charge in [-0.1, -0.05) is 19.9 Å².